The smallest absolute Gasteiger partial charge is 0.243 e. The summed E-state index contributed by atoms with van der Waals surface area (Å²) >= 11 is 0. The van der Waals surface area contributed by atoms with Gasteiger partial charge in [0.1, 0.15) is 10.7 Å². The molecule has 2 rings (SSSR count). The molecule has 0 radical (unpaired) electrons. The number of ether oxygens (including phenoxy) is 1. The van der Waals surface area contributed by atoms with E-state index in [1.165, 1.54) is 25.8 Å². The summed E-state index contributed by atoms with van der Waals surface area (Å²) in [6.07, 6.45) is 3.00. The van der Waals surface area contributed by atoms with Crippen molar-refractivity contribution in [2.75, 3.05) is 25.5 Å². The number of nitrogen functional groups attached to an aromatic ring is 1. The van der Waals surface area contributed by atoms with Crippen molar-refractivity contribution in [1.82, 2.24) is 4.72 Å². The molecule has 0 unspecified atom stereocenters. The van der Waals surface area contributed by atoms with Gasteiger partial charge in [-0.1, -0.05) is 0 Å². The van der Waals surface area contributed by atoms with Gasteiger partial charge >= 0.3 is 0 Å². The minimum atomic E-state index is -3.89. The highest BCUT2D eigenvalue weighted by Crippen LogP contribution is 2.28. The van der Waals surface area contributed by atoms with Gasteiger partial charge in [0.2, 0.25) is 10.0 Å². The topological polar surface area (TPSA) is 81.4 Å². The van der Waals surface area contributed by atoms with Crippen molar-refractivity contribution in [3.8, 4) is 0 Å². The van der Waals surface area contributed by atoms with Crippen LogP contribution in [0.1, 0.15) is 24.8 Å². The SMILES string of the molecule is Cc1cc(N)cc(S(=O)(=O)NCCCOCC2CC2)c1F. The van der Waals surface area contributed by atoms with E-state index >= 15 is 0 Å². The highest BCUT2D eigenvalue weighted by atomic mass is 32.2. The Bertz CT molecular complexity index is 600. The summed E-state index contributed by atoms with van der Waals surface area (Å²) in [6.45, 7) is 2.93. The lowest BCUT2D eigenvalue weighted by Gasteiger charge is -2.10. The van der Waals surface area contributed by atoms with E-state index in [1.54, 1.807) is 0 Å². The van der Waals surface area contributed by atoms with E-state index < -0.39 is 20.7 Å². The first kappa shape index (κ1) is 16.2. The summed E-state index contributed by atoms with van der Waals surface area (Å²) in [6, 6.07) is 2.54. The van der Waals surface area contributed by atoms with E-state index in [4.69, 9.17) is 10.5 Å². The van der Waals surface area contributed by atoms with Crippen LogP contribution in [0.15, 0.2) is 17.0 Å². The van der Waals surface area contributed by atoms with Gasteiger partial charge in [0.15, 0.2) is 0 Å². The number of nitrogens with two attached hydrogens (primary N) is 1. The maximum absolute atomic E-state index is 13.9. The van der Waals surface area contributed by atoms with Crippen molar-refractivity contribution in [2.24, 2.45) is 5.92 Å². The van der Waals surface area contributed by atoms with Gasteiger partial charge in [-0.3, -0.25) is 0 Å². The summed E-state index contributed by atoms with van der Waals surface area (Å²) in [7, 11) is -3.89. The van der Waals surface area contributed by atoms with Crippen molar-refractivity contribution in [2.45, 2.75) is 31.1 Å². The summed E-state index contributed by atoms with van der Waals surface area (Å²) in [5, 5.41) is 0. The molecule has 1 aliphatic carbocycles. The van der Waals surface area contributed by atoms with Gasteiger partial charge in [0.05, 0.1) is 0 Å². The number of hydrogen-bond acceptors (Lipinski definition) is 4. The highest BCUT2D eigenvalue weighted by molar-refractivity contribution is 7.89. The zero-order chi connectivity index (χ0) is 15.5. The molecule has 21 heavy (non-hydrogen) atoms. The number of halogens is 1. The molecule has 0 spiro atoms. The molecule has 7 heteroatoms. The van der Waals surface area contributed by atoms with Crippen LogP contribution in [-0.4, -0.2) is 28.2 Å². The van der Waals surface area contributed by atoms with E-state index in [-0.39, 0.29) is 17.8 Å². The lowest BCUT2D eigenvalue weighted by atomic mass is 10.2. The monoisotopic (exact) mass is 316 g/mol. The summed E-state index contributed by atoms with van der Waals surface area (Å²) in [4.78, 5) is -0.404. The quantitative estimate of drug-likeness (QED) is 0.566. The molecule has 0 saturated heterocycles. The van der Waals surface area contributed by atoms with Gasteiger partial charge in [0.25, 0.3) is 0 Å². The predicted octanol–water partition coefficient (Wildman–Crippen LogP) is 1.81. The van der Waals surface area contributed by atoms with Crippen molar-refractivity contribution in [1.29, 1.82) is 0 Å². The molecule has 1 aliphatic rings. The van der Waals surface area contributed by atoms with Crippen LogP contribution in [0.3, 0.4) is 0 Å². The second-order valence-corrected chi connectivity index (χ2v) is 7.15. The number of nitrogens with one attached hydrogen (secondary N) is 1. The summed E-state index contributed by atoms with van der Waals surface area (Å²) in [5.74, 6) is -0.0762. The van der Waals surface area contributed by atoms with Crippen molar-refractivity contribution in [3.63, 3.8) is 0 Å². The van der Waals surface area contributed by atoms with E-state index in [0.29, 0.717) is 18.9 Å². The molecule has 0 atom stereocenters. The Hall–Kier alpha value is -1.18. The fourth-order valence-electron chi connectivity index (χ4n) is 1.95. The van der Waals surface area contributed by atoms with E-state index in [0.717, 1.165) is 12.7 Å². The molecule has 1 saturated carbocycles. The standard InChI is InChI=1S/C14H21FN2O3S/c1-10-7-12(16)8-13(14(10)15)21(18,19)17-5-2-6-20-9-11-3-4-11/h7-8,11,17H,2-6,9,16H2,1H3. The van der Waals surface area contributed by atoms with Gasteiger partial charge < -0.3 is 10.5 Å². The van der Waals surface area contributed by atoms with E-state index in [9.17, 15) is 12.8 Å². The summed E-state index contributed by atoms with van der Waals surface area (Å²) in [5.41, 5.74) is 6.01. The second-order valence-electron chi connectivity index (χ2n) is 5.42. The Morgan fingerprint density at radius 1 is 1.43 bits per heavy atom. The highest BCUT2D eigenvalue weighted by Gasteiger charge is 2.22. The zero-order valence-corrected chi connectivity index (χ0v) is 12.9. The van der Waals surface area contributed by atoms with Crippen molar-refractivity contribution in [3.05, 3.63) is 23.5 Å². The number of sulfonamides is 1. The molecular formula is C14H21FN2O3S. The maximum atomic E-state index is 13.9. The van der Waals surface area contributed by atoms with Crippen LogP contribution < -0.4 is 10.5 Å². The molecule has 3 N–H and O–H groups in total. The Labute approximate surface area is 124 Å². The van der Waals surface area contributed by atoms with Crippen LogP contribution in [0.2, 0.25) is 0 Å². The lowest BCUT2D eigenvalue weighted by molar-refractivity contribution is 0.123. The predicted molar refractivity (Wildman–Crippen MR) is 78.9 cm³/mol. The van der Waals surface area contributed by atoms with Crippen LogP contribution >= 0.6 is 0 Å². The van der Waals surface area contributed by atoms with Gasteiger partial charge in [0, 0.05) is 25.4 Å². The number of benzene rings is 1. The molecule has 1 fully saturated rings. The molecule has 1 aromatic rings. The average Bonchev–Trinajstić information content (AvgIpc) is 3.22. The number of aryl methyl sites for hydroxylation is 1. The molecule has 0 bridgehead atoms. The molecular weight excluding hydrogens is 295 g/mol. The minimum absolute atomic E-state index is 0.209. The largest absolute Gasteiger partial charge is 0.399 e. The molecule has 118 valence electrons. The van der Waals surface area contributed by atoms with Crippen LogP contribution in [0, 0.1) is 18.7 Å². The molecule has 0 heterocycles. The molecule has 0 amide bonds. The van der Waals surface area contributed by atoms with Crippen LogP contribution in [0.4, 0.5) is 10.1 Å². The first-order valence-electron chi connectivity index (χ1n) is 7.03. The number of rotatable bonds is 8. The minimum Gasteiger partial charge on any atom is -0.399 e. The van der Waals surface area contributed by atoms with Crippen molar-refractivity contribution >= 4 is 15.7 Å². The molecule has 5 nitrogen and oxygen atoms in total. The van der Waals surface area contributed by atoms with Crippen molar-refractivity contribution < 1.29 is 17.5 Å². The molecule has 0 aliphatic heterocycles. The normalized spacial score (nSPS) is 15.3. The Morgan fingerprint density at radius 3 is 2.81 bits per heavy atom. The van der Waals surface area contributed by atoms with Gasteiger partial charge in [-0.15, -0.1) is 0 Å². The number of anilines is 1. The first-order chi connectivity index (χ1) is 9.90. The third-order valence-corrected chi connectivity index (χ3v) is 4.80. The zero-order valence-electron chi connectivity index (χ0n) is 12.1. The van der Waals surface area contributed by atoms with Crippen LogP contribution in [0.25, 0.3) is 0 Å². The Kier molecular flexibility index (Phi) is 5.18. The first-order valence-corrected chi connectivity index (χ1v) is 8.51. The Morgan fingerprint density at radius 2 is 2.14 bits per heavy atom. The van der Waals surface area contributed by atoms with Gasteiger partial charge in [-0.25, -0.2) is 17.5 Å². The maximum Gasteiger partial charge on any atom is 0.243 e. The third-order valence-electron chi connectivity index (χ3n) is 3.34. The second kappa shape index (κ2) is 6.72. The van der Waals surface area contributed by atoms with Gasteiger partial charge in [-0.2, -0.15) is 0 Å². The van der Waals surface area contributed by atoms with Crippen LogP contribution in [-0.2, 0) is 14.8 Å². The lowest BCUT2D eigenvalue weighted by Crippen LogP contribution is -2.27. The Balaban J connectivity index is 1.86. The number of hydrogen-bond donors (Lipinski definition) is 2. The van der Waals surface area contributed by atoms with E-state index in [2.05, 4.69) is 4.72 Å². The fraction of sp³-hybridized carbons (Fsp3) is 0.571. The third kappa shape index (κ3) is 4.66. The summed E-state index contributed by atoms with van der Waals surface area (Å²) < 4.78 is 45.8. The average molecular weight is 316 g/mol. The molecule has 0 aromatic heterocycles. The fourth-order valence-corrected chi connectivity index (χ4v) is 3.21. The molecule has 1 aromatic carbocycles. The van der Waals surface area contributed by atoms with Crippen LogP contribution in [0.5, 0.6) is 0 Å². The van der Waals surface area contributed by atoms with Gasteiger partial charge in [-0.05, 0) is 49.8 Å². The van der Waals surface area contributed by atoms with E-state index in [1.807, 2.05) is 0 Å².